The Morgan fingerprint density at radius 1 is 0.963 bits per heavy atom. The average Bonchev–Trinajstić information content (AvgIpc) is 3.15. The van der Waals surface area contributed by atoms with Gasteiger partial charge in [-0.15, -0.1) is 0 Å². The summed E-state index contributed by atoms with van der Waals surface area (Å²) in [5.74, 6) is -6.02. The Kier molecular flexibility index (Phi) is 16.1. The third-order valence-corrected chi connectivity index (χ3v) is 13.0. The van der Waals surface area contributed by atoms with E-state index < -0.39 is 65.7 Å². The summed E-state index contributed by atoms with van der Waals surface area (Å²) in [4.78, 5) is 57.4. The van der Waals surface area contributed by atoms with Gasteiger partial charge in [-0.05, 0) is 112 Å². The van der Waals surface area contributed by atoms with E-state index in [0.29, 0.717) is 62.5 Å². The molecule has 2 bridgehead atoms. The fraction of sp³-hybridized carbons (Fsp3) is 0.814. The molecule has 0 radical (unpaired) electrons. The number of methoxy groups -OCH3 is 1. The van der Waals surface area contributed by atoms with Crippen LogP contribution < -0.4 is 0 Å². The van der Waals surface area contributed by atoms with Crippen LogP contribution in [0, 0.1) is 35.5 Å². The van der Waals surface area contributed by atoms with E-state index in [1.54, 1.807) is 21.0 Å². The summed E-state index contributed by atoms with van der Waals surface area (Å²) in [6.07, 6.45) is 7.84. The molecule has 306 valence electrons. The number of carbonyl (C=O) groups is 4. The summed E-state index contributed by atoms with van der Waals surface area (Å²) >= 11 is 0. The molecule has 13 atom stereocenters. The number of ether oxygens (including phenoxy) is 3. The zero-order valence-electron chi connectivity index (χ0n) is 34.1. The molecule has 0 spiro atoms. The quantitative estimate of drug-likeness (QED) is 0.176. The van der Waals surface area contributed by atoms with Crippen LogP contribution in [0.4, 0.5) is 0 Å². The van der Waals surface area contributed by atoms with Gasteiger partial charge in [-0.3, -0.25) is 14.4 Å². The Hall–Kier alpha value is -2.44. The van der Waals surface area contributed by atoms with Gasteiger partial charge in [-0.25, -0.2) is 4.79 Å². The molecule has 2 saturated heterocycles. The zero-order chi connectivity index (χ0) is 39.9. The van der Waals surface area contributed by atoms with E-state index >= 15 is 0 Å². The smallest absolute Gasteiger partial charge is 0.329 e. The number of esters is 1. The summed E-state index contributed by atoms with van der Waals surface area (Å²) in [5, 5.41) is 33.9. The van der Waals surface area contributed by atoms with E-state index in [9.17, 15) is 34.5 Å². The highest BCUT2D eigenvalue weighted by Gasteiger charge is 2.54. The van der Waals surface area contributed by atoms with Gasteiger partial charge < -0.3 is 34.4 Å². The van der Waals surface area contributed by atoms with Gasteiger partial charge >= 0.3 is 5.97 Å². The first kappa shape index (κ1) is 44.3. The number of fused-ring (bicyclic) bond motifs is 3. The minimum Gasteiger partial charge on any atom is -0.456 e. The molecule has 1 aliphatic carbocycles. The Bertz CT molecular complexity index is 1380. The number of allylic oxidation sites excluding steroid dienone is 3. The number of hydrogen-bond donors (Lipinski definition) is 3. The number of aliphatic hydroxyl groups is 3. The van der Waals surface area contributed by atoms with Crippen molar-refractivity contribution in [3.63, 3.8) is 0 Å². The lowest BCUT2D eigenvalue weighted by atomic mass is 9.77. The molecule has 1 amide bonds. The number of hydrogen-bond acceptors (Lipinski definition) is 10. The summed E-state index contributed by atoms with van der Waals surface area (Å²) in [7, 11) is 1.57. The van der Waals surface area contributed by atoms with Crippen molar-refractivity contribution < 1.29 is 48.7 Å². The van der Waals surface area contributed by atoms with Crippen molar-refractivity contribution >= 4 is 23.4 Å². The first-order valence-corrected chi connectivity index (χ1v) is 20.8. The fourth-order valence-electron chi connectivity index (χ4n) is 9.48. The fourth-order valence-corrected chi connectivity index (χ4v) is 9.48. The number of nitrogens with zero attached hydrogens (tertiary/aromatic N) is 1. The van der Waals surface area contributed by atoms with Gasteiger partial charge in [0.05, 0.1) is 24.4 Å². The lowest BCUT2D eigenvalue weighted by molar-refractivity contribution is -0.276. The zero-order valence-corrected chi connectivity index (χ0v) is 34.1. The van der Waals surface area contributed by atoms with Crippen molar-refractivity contribution in [1.29, 1.82) is 0 Å². The van der Waals surface area contributed by atoms with Crippen LogP contribution in [0.2, 0.25) is 0 Å². The van der Waals surface area contributed by atoms with Gasteiger partial charge in [0.1, 0.15) is 12.1 Å². The lowest BCUT2D eigenvalue weighted by Gasteiger charge is -2.45. The largest absolute Gasteiger partial charge is 0.456 e. The third-order valence-electron chi connectivity index (χ3n) is 13.0. The number of carbonyl (C=O) groups excluding carboxylic acids is 4. The highest BCUT2D eigenvalue weighted by molar-refractivity contribution is 6.39. The molecule has 11 nitrogen and oxygen atoms in total. The topological polar surface area (TPSA) is 160 Å². The molecule has 54 heavy (non-hydrogen) atoms. The summed E-state index contributed by atoms with van der Waals surface area (Å²) < 4.78 is 18.1. The highest BCUT2D eigenvalue weighted by atomic mass is 16.6. The summed E-state index contributed by atoms with van der Waals surface area (Å²) in [6, 6.07) is -1.08. The van der Waals surface area contributed by atoms with E-state index in [4.69, 9.17) is 14.2 Å². The summed E-state index contributed by atoms with van der Waals surface area (Å²) in [6.45, 7) is 13.7. The van der Waals surface area contributed by atoms with Crippen LogP contribution in [0.1, 0.15) is 132 Å². The number of aliphatic hydroxyl groups excluding tert-OH is 2. The number of piperidine rings is 1. The second-order valence-electron chi connectivity index (χ2n) is 17.2. The molecule has 1 saturated carbocycles. The molecule has 0 aromatic carbocycles. The molecule has 11 heteroatoms. The lowest BCUT2D eigenvalue weighted by Crippen LogP contribution is -2.62. The van der Waals surface area contributed by atoms with Gasteiger partial charge in [-0.2, -0.15) is 0 Å². The second kappa shape index (κ2) is 19.6. The Morgan fingerprint density at radius 2 is 1.69 bits per heavy atom. The van der Waals surface area contributed by atoms with Gasteiger partial charge in [0, 0.05) is 31.9 Å². The van der Waals surface area contributed by atoms with E-state index in [-0.39, 0.29) is 54.9 Å². The van der Waals surface area contributed by atoms with Crippen molar-refractivity contribution in [3.05, 3.63) is 23.3 Å². The van der Waals surface area contributed by atoms with Crippen LogP contribution in [0.5, 0.6) is 0 Å². The van der Waals surface area contributed by atoms with E-state index in [1.807, 2.05) is 26.0 Å². The van der Waals surface area contributed by atoms with Crippen LogP contribution in [0.3, 0.4) is 0 Å². The van der Waals surface area contributed by atoms with Crippen molar-refractivity contribution in [3.8, 4) is 0 Å². The number of ketones is 2. The highest BCUT2D eigenvalue weighted by Crippen LogP contribution is 2.41. The number of cyclic esters (lactones) is 1. The predicted octanol–water partition coefficient (Wildman–Crippen LogP) is 5.86. The van der Waals surface area contributed by atoms with Crippen LogP contribution in [0.15, 0.2) is 23.3 Å². The summed E-state index contributed by atoms with van der Waals surface area (Å²) in [5.41, 5.74) is 1.35. The number of Topliss-reactive ketones (excluding diaryl/α,β-unsaturated/α-hetero) is 2. The Morgan fingerprint density at radius 3 is 2.35 bits per heavy atom. The Labute approximate surface area is 323 Å². The normalized spacial score (nSPS) is 40.3. The minimum absolute atomic E-state index is 0.0198. The maximum absolute atomic E-state index is 14.2. The van der Waals surface area contributed by atoms with Gasteiger partial charge in [0.2, 0.25) is 5.79 Å². The molecule has 0 aromatic heterocycles. The van der Waals surface area contributed by atoms with Gasteiger partial charge in [-0.1, -0.05) is 60.1 Å². The van der Waals surface area contributed by atoms with E-state index in [0.717, 1.165) is 19.3 Å². The SMILES string of the molecule is CCC1=CC(C)C[C@H](C)CC[C@H]2O[C@@](O)(C(=O)C(=O)N3CCCCC3C(=O)O[C@H](C(C)=C[C@@H]3CC[C@@H](O)[C@H](OC)C3)[C@H](C)[C@@H](O)CC1=O)[C@H](C)C[C@@H]2CC. The van der Waals surface area contributed by atoms with Crippen LogP contribution in [0.25, 0.3) is 0 Å². The molecule has 4 aliphatic rings. The predicted molar refractivity (Wildman–Crippen MR) is 205 cm³/mol. The van der Waals surface area contributed by atoms with E-state index in [2.05, 4.69) is 20.8 Å². The standard InChI is InChI=1S/C43H69NO10/c1-9-31-20-26(4)19-25(3)14-17-37-32(10-2)22-28(6)43(51,54-37)40(48)41(49)44-18-12-11-13-33(44)42(50)53-39(29(7)35(46)24-36(31)47)27(5)21-30-15-16-34(45)38(23-30)52-8/h20-21,25-26,28-30,32-35,37-39,45-46,51H,9-19,22-24H2,1-8H3/t25-,26?,28-,29-,30+,32+,33?,34-,35+,37-,38-,39-,43-/m1/s1. The van der Waals surface area contributed by atoms with Gasteiger partial charge in [0.15, 0.2) is 5.78 Å². The van der Waals surface area contributed by atoms with Crippen molar-refractivity contribution in [2.24, 2.45) is 35.5 Å². The molecule has 3 heterocycles. The minimum atomic E-state index is -2.32. The molecular weight excluding hydrogens is 690 g/mol. The second-order valence-corrected chi connectivity index (χ2v) is 17.2. The van der Waals surface area contributed by atoms with Crippen LogP contribution in [-0.2, 0) is 33.4 Å². The third kappa shape index (κ3) is 10.5. The first-order valence-electron chi connectivity index (χ1n) is 20.8. The molecular formula is C43H69NO10. The van der Waals surface area contributed by atoms with E-state index in [1.165, 1.54) is 4.90 Å². The first-order chi connectivity index (χ1) is 25.5. The Balaban J connectivity index is 1.73. The van der Waals surface area contributed by atoms with Crippen molar-refractivity contribution in [2.75, 3.05) is 13.7 Å². The monoisotopic (exact) mass is 759 g/mol. The van der Waals surface area contributed by atoms with Crippen molar-refractivity contribution in [1.82, 2.24) is 4.90 Å². The van der Waals surface area contributed by atoms with Crippen LogP contribution >= 0.6 is 0 Å². The molecule has 3 aliphatic heterocycles. The molecule has 2 unspecified atom stereocenters. The molecule has 4 rings (SSSR count). The maximum Gasteiger partial charge on any atom is 0.329 e. The number of amides is 1. The molecule has 0 aromatic rings. The molecule has 3 fully saturated rings. The average molecular weight is 760 g/mol. The number of rotatable bonds is 5. The molecule has 3 N–H and O–H groups in total. The van der Waals surface area contributed by atoms with Crippen LogP contribution in [-0.4, -0.2) is 99.7 Å². The van der Waals surface area contributed by atoms with Gasteiger partial charge in [0.25, 0.3) is 11.7 Å². The maximum atomic E-state index is 14.2. The van der Waals surface area contributed by atoms with Crippen molar-refractivity contribution in [2.45, 2.75) is 174 Å².